The first kappa shape index (κ1) is 25.4. The lowest BCUT2D eigenvalue weighted by atomic mass is 9.74. The third kappa shape index (κ3) is 5.94. The van der Waals surface area contributed by atoms with Gasteiger partial charge in [-0.3, -0.25) is 9.78 Å². The number of hydrogen-bond acceptors (Lipinski definition) is 7. The number of rotatable bonds is 10. The lowest BCUT2D eigenvalue weighted by Crippen LogP contribution is -2.45. The molecule has 1 atom stereocenters. The molecule has 8 heteroatoms. The average molecular weight is 496 g/mol. The molecule has 0 spiro atoms. The fourth-order valence-electron chi connectivity index (χ4n) is 4.91. The molecule has 1 aliphatic heterocycles. The van der Waals surface area contributed by atoms with Gasteiger partial charge in [-0.2, -0.15) is 0 Å². The van der Waals surface area contributed by atoms with E-state index >= 15 is 0 Å². The minimum Gasteiger partial charge on any atom is -0.497 e. The number of aryl methyl sites for hydroxylation is 1. The Bertz CT molecular complexity index is 1150. The number of nitrogens with zero attached hydrogens (tertiary/aromatic N) is 3. The first-order valence-electron chi connectivity index (χ1n) is 12.0. The van der Waals surface area contributed by atoms with Crippen LogP contribution < -0.4 is 4.74 Å². The topological polar surface area (TPSA) is 95.8 Å². The smallest absolute Gasteiger partial charge is 0.309 e. The zero-order valence-electron chi connectivity index (χ0n) is 20.3. The van der Waals surface area contributed by atoms with Crippen LogP contribution in [0.3, 0.4) is 0 Å². The molecule has 1 fully saturated rings. The Balaban J connectivity index is 1.38. The highest BCUT2D eigenvalue weighted by atomic mass is 32.2. The van der Waals surface area contributed by atoms with Gasteiger partial charge in [0.25, 0.3) is 0 Å². The highest BCUT2D eigenvalue weighted by molar-refractivity contribution is 7.99. The standard InChI is InChI=1S/C27H33N3O4S/c1-19-18-29-22-7-6-20(34-2)17-21(22)25(19)23(31)8-9-27(26(32)33)10-13-30(14-11-27)15-16-35-24-5-3-4-12-28-24/h3-7,12,17-18,23,31H,8-11,13-16H2,1-2H3,(H,32,33)/t23-/m0/s1. The summed E-state index contributed by atoms with van der Waals surface area (Å²) in [5, 5.41) is 23.2. The van der Waals surface area contributed by atoms with Crippen molar-refractivity contribution in [3.8, 4) is 5.75 Å². The van der Waals surface area contributed by atoms with Gasteiger partial charge in [-0.1, -0.05) is 6.07 Å². The second-order valence-corrected chi connectivity index (χ2v) is 10.4. The summed E-state index contributed by atoms with van der Waals surface area (Å²) in [4.78, 5) is 23.5. The van der Waals surface area contributed by atoms with E-state index in [4.69, 9.17) is 4.74 Å². The number of benzene rings is 1. The number of carboxylic acids is 1. The van der Waals surface area contributed by atoms with E-state index < -0.39 is 17.5 Å². The number of methoxy groups -OCH3 is 1. The number of aliphatic carboxylic acids is 1. The molecule has 7 nitrogen and oxygen atoms in total. The summed E-state index contributed by atoms with van der Waals surface area (Å²) in [6.07, 6.45) is 4.80. The SMILES string of the molecule is COc1ccc2ncc(C)c([C@@H](O)CCC3(C(=O)O)CCN(CCSc4ccccn4)CC3)c2c1. The van der Waals surface area contributed by atoms with Crippen molar-refractivity contribution in [1.29, 1.82) is 0 Å². The third-order valence-electron chi connectivity index (χ3n) is 7.11. The van der Waals surface area contributed by atoms with Crippen molar-refractivity contribution >= 4 is 28.6 Å². The lowest BCUT2D eigenvalue weighted by molar-refractivity contribution is -0.153. The molecule has 3 aromatic rings. The molecular weight excluding hydrogens is 462 g/mol. The Morgan fingerprint density at radius 2 is 2.03 bits per heavy atom. The number of thioether (sulfide) groups is 1. The molecule has 2 N–H and O–H groups in total. The molecule has 0 aliphatic carbocycles. The van der Waals surface area contributed by atoms with Crippen LogP contribution in [0.25, 0.3) is 10.9 Å². The van der Waals surface area contributed by atoms with Gasteiger partial charge in [-0.25, -0.2) is 4.98 Å². The quantitative estimate of drug-likeness (QED) is 0.390. The number of fused-ring (bicyclic) bond motifs is 1. The average Bonchev–Trinajstić information content (AvgIpc) is 2.88. The van der Waals surface area contributed by atoms with Gasteiger partial charge in [0, 0.05) is 30.1 Å². The largest absolute Gasteiger partial charge is 0.497 e. The molecule has 3 heterocycles. The van der Waals surface area contributed by atoms with E-state index in [0.717, 1.165) is 52.4 Å². The lowest BCUT2D eigenvalue weighted by Gasteiger charge is -2.39. The third-order valence-corrected chi connectivity index (χ3v) is 8.03. The highest BCUT2D eigenvalue weighted by Crippen LogP contribution is 2.40. The number of aromatic nitrogens is 2. The van der Waals surface area contributed by atoms with Gasteiger partial charge in [0.15, 0.2) is 0 Å². The fourth-order valence-corrected chi connectivity index (χ4v) is 5.77. The molecule has 0 bridgehead atoms. The van der Waals surface area contributed by atoms with Gasteiger partial charge >= 0.3 is 5.97 Å². The second-order valence-electron chi connectivity index (χ2n) is 9.24. The fraction of sp³-hybridized carbons (Fsp3) is 0.444. The van der Waals surface area contributed by atoms with E-state index in [1.807, 2.05) is 43.3 Å². The number of pyridine rings is 2. The van der Waals surface area contributed by atoms with E-state index in [-0.39, 0.29) is 0 Å². The van der Waals surface area contributed by atoms with Gasteiger partial charge in [-0.05, 0) is 87.2 Å². The molecule has 0 unspecified atom stereocenters. The first-order valence-corrected chi connectivity index (χ1v) is 13.0. The molecule has 1 aromatic carbocycles. The number of ether oxygens (including phenoxy) is 1. The van der Waals surface area contributed by atoms with Crippen molar-refractivity contribution in [1.82, 2.24) is 14.9 Å². The van der Waals surface area contributed by atoms with E-state index in [0.29, 0.717) is 31.4 Å². The van der Waals surface area contributed by atoms with E-state index in [1.165, 1.54) is 0 Å². The van der Waals surface area contributed by atoms with Gasteiger partial charge in [0.2, 0.25) is 0 Å². The summed E-state index contributed by atoms with van der Waals surface area (Å²) in [6, 6.07) is 11.5. The first-order chi connectivity index (χ1) is 16.9. The van der Waals surface area contributed by atoms with Crippen molar-refractivity contribution in [2.24, 2.45) is 5.41 Å². The summed E-state index contributed by atoms with van der Waals surface area (Å²) in [5.41, 5.74) is 1.68. The number of carboxylic acid groups (broad SMARTS) is 1. The number of likely N-dealkylation sites (tertiary alicyclic amines) is 1. The number of aliphatic hydroxyl groups is 1. The molecule has 0 radical (unpaired) electrons. The van der Waals surface area contributed by atoms with Crippen LogP contribution in [0.5, 0.6) is 5.75 Å². The maximum absolute atomic E-state index is 12.4. The van der Waals surface area contributed by atoms with Crippen LogP contribution >= 0.6 is 11.8 Å². The molecule has 4 rings (SSSR count). The minimum absolute atomic E-state index is 0.388. The Kier molecular flexibility index (Phi) is 8.26. The number of carbonyl (C=O) groups is 1. The Morgan fingerprint density at radius 1 is 1.23 bits per heavy atom. The van der Waals surface area contributed by atoms with Crippen molar-refractivity contribution in [2.75, 3.05) is 32.5 Å². The monoisotopic (exact) mass is 495 g/mol. The predicted molar refractivity (Wildman–Crippen MR) is 138 cm³/mol. The van der Waals surface area contributed by atoms with E-state index in [1.54, 1.807) is 31.3 Å². The van der Waals surface area contributed by atoms with Crippen molar-refractivity contribution < 1.29 is 19.7 Å². The molecule has 1 saturated heterocycles. The van der Waals surface area contributed by atoms with Crippen molar-refractivity contribution in [2.45, 2.75) is 43.7 Å². The number of aliphatic hydroxyl groups excluding tert-OH is 1. The van der Waals surface area contributed by atoms with Gasteiger partial charge in [0.1, 0.15) is 5.75 Å². The van der Waals surface area contributed by atoms with Crippen LogP contribution in [0.2, 0.25) is 0 Å². The van der Waals surface area contributed by atoms with Gasteiger partial charge < -0.3 is 19.8 Å². The zero-order chi connectivity index (χ0) is 24.8. The zero-order valence-corrected chi connectivity index (χ0v) is 21.1. The maximum Gasteiger partial charge on any atom is 0.309 e. The summed E-state index contributed by atoms with van der Waals surface area (Å²) in [7, 11) is 1.61. The van der Waals surface area contributed by atoms with Gasteiger partial charge in [0.05, 0.1) is 29.2 Å². The molecule has 1 aliphatic rings. The molecule has 0 saturated carbocycles. The van der Waals surface area contributed by atoms with Gasteiger partial charge in [-0.15, -0.1) is 11.8 Å². The van der Waals surface area contributed by atoms with Crippen LogP contribution in [-0.2, 0) is 4.79 Å². The van der Waals surface area contributed by atoms with Crippen molar-refractivity contribution in [3.63, 3.8) is 0 Å². The molecule has 2 aromatic heterocycles. The summed E-state index contributed by atoms with van der Waals surface area (Å²) in [5.74, 6) is 0.868. The molecule has 186 valence electrons. The van der Waals surface area contributed by atoms with Crippen LogP contribution in [0.1, 0.15) is 42.9 Å². The highest BCUT2D eigenvalue weighted by Gasteiger charge is 2.41. The normalized spacial score (nSPS) is 16.8. The van der Waals surface area contributed by atoms with Crippen LogP contribution in [0.4, 0.5) is 0 Å². The Hall–Kier alpha value is -2.68. The molecule has 35 heavy (non-hydrogen) atoms. The molecule has 0 amide bonds. The van der Waals surface area contributed by atoms with Crippen LogP contribution in [-0.4, -0.2) is 63.5 Å². The molecular formula is C27H33N3O4S. The predicted octanol–water partition coefficient (Wildman–Crippen LogP) is 4.72. The summed E-state index contributed by atoms with van der Waals surface area (Å²) in [6.45, 7) is 4.33. The second kappa shape index (κ2) is 11.4. The Labute approximate surface area is 210 Å². The van der Waals surface area contributed by atoms with E-state index in [2.05, 4.69) is 14.9 Å². The van der Waals surface area contributed by atoms with E-state index in [9.17, 15) is 15.0 Å². The maximum atomic E-state index is 12.4. The Morgan fingerprint density at radius 3 is 2.71 bits per heavy atom. The minimum atomic E-state index is -0.806. The summed E-state index contributed by atoms with van der Waals surface area (Å²) >= 11 is 1.72. The van der Waals surface area contributed by atoms with Crippen molar-refractivity contribution in [3.05, 3.63) is 59.9 Å². The van der Waals surface area contributed by atoms with Crippen LogP contribution in [0, 0.1) is 12.3 Å². The number of piperidine rings is 1. The number of hydrogen-bond donors (Lipinski definition) is 2. The van der Waals surface area contributed by atoms with Crippen LogP contribution in [0.15, 0.2) is 53.8 Å². The summed E-state index contributed by atoms with van der Waals surface area (Å²) < 4.78 is 5.37.